The van der Waals surface area contributed by atoms with Crippen LogP contribution in [0.15, 0.2) is 36.4 Å². The zero-order chi connectivity index (χ0) is 15.2. The van der Waals surface area contributed by atoms with Gasteiger partial charge in [0.15, 0.2) is 0 Å². The molecule has 1 amide bonds. The van der Waals surface area contributed by atoms with Crippen molar-refractivity contribution in [1.29, 1.82) is 0 Å². The van der Waals surface area contributed by atoms with Crippen LogP contribution in [-0.2, 0) is 0 Å². The topological polar surface area (TPSA) is 54.0 Å². The predicted molar refractivity (Wildman–Crippen MR) is 82.1 cm³/mol. The normalized spacial score (nSPS) is 10.2. The van der Waals surface area contributed by atoms with E-state index in [1.54, 1.807) is 37.3 Å². The summed E-state index contributed by atoms with van der Waals surface area (Å²) in [5.41, 5.74) is 1.15. The highest BCUT2D eigenvalue weighted by Crippen LogP contribution is 2.18. The molecule has 1 aromatic heterocycles. The first kappa shape index (κ1) is 15.0. The van der Waals surface area contributed by atoms with Crippen LogP contribution in [0.2, 0.25) is 0 Å². The molecule has 2 N–H and O–H groups in total. The summed E-state index contributed by atoms with van der Waals surface area (Å²) >= 11 is 0. The highest BCUT2D eigenvalue weighted by molar-refractivity contribution is 6.03. The van der Waals surface area contributed by atoms with Gasteiger partial charge in [-0.1, -0.05) is 19.1 Å². The molecule has 4 nitrogen and oxygen atoms in total. The molecule has 21 heavy (non-hydrogen) atoms. The quantitative estimate of drug-likeness (QED) is 0.883. The number of aromatic nitrogens is 1. The van der Waals surface area contributed by atoms with E-state index in [9.17, 15) is 9.18 Å². The molecule has 5 heteroatoms. The number of nitrogens with one attached hydrogen (secondary N) is 2. The third-order valence-electron chi connectivity index (χ3n) is 3.05. The lowest BCUT2D eigenvalue weighted by molar-refractivity contribution is 0.102. The number of pyridine rings is 1. The number of carbonyl (C=O) groups excluding carboxylic acids is 1. The van der Waals surface area contributed by atoms with Crippen molar-refractivity contribution < 1.29 is 9.18 Å². The molecule has 0 bridgehead atoms. The van der Waals surface area contributed by atoms with Gasteiger partial charge in [0.1, 0.15) is 17.3 Å². The zero-order valence-electron chi connectivity index (χ0n) is 12.1. The standard InChI is InChI=1S/C16H18FN3O/c1-3-10-18-15-9-5-8-14(19-15)16(21)20-13-7-4-6-12(17)11(13)2/h4-9H,3,10H2,1-2H3,(H,18,19)(H,20,21). The van der Waals surface area contributed by atoms with Crippen molar-refractivity contribution in [2.75, 3.05) is 17.2 Å². The van der Waals surface area contributed by atoms with Crippen molar-refractivity contribution >= 4 is 17.4 Å². The number of halogens is 1. The molecule has 2 rings (SSSR count). The summed E-state index contributed by atoms with van der Waals surface area (Å²) in [5.74, 6) is -0.0524. The van der Waals surface area contributed by atoms with Crippen molar-refractivity contribution in [2.45, 2.75) is 20.3 Å². The molecule has 2 aromatic rings. The van der Waals surface area contributed by atoms with Crippen molar-refractivity contribution in [3.05, 3.63) is 53.5 Å². The largest absolute Gasteiger partial charge is 0.370 e. The van der Waals surface area contributed by atoms with Gasteiger partial charge in [-0.25, -0.2) is 9.37 Å². The number of amides is 1. The third-order valence-corrected chi connectivity index (χ3v) is 3.05. The van der Waals surface area contributed by atoms with Crippen molar-refractivity contribution in [1.82, 2.24) is 4.98 Å². The maximum absolute atomic E-state index is 13.5. The Hall–Kier alpha value is -2.43. The van der Waals surface area contributed by atoms with E-state index in [2.05, 4.69) is 22.5 Å². The second kappa shape index (κ2) is 6.83. The van der Waals surface area contributed by atoms with Gasteiger partial charge in [-0.3, -0.25) is 4.79 Å². The van der Waals surface area contributed by atoms with Crippen LogP contribution < -0.4 is 10.6 Å². The number of anilines is 2. The highest BCUT2D eigenvalue weighted by Gasteiger charge is 2.11. The molecule has 0 saturated heterocycles. The van der Waals surface area contributed by atoms with E-state index in [0.717, 1.165) is 13.0 Å². The Morgan fingerprint density at radius 1 is 1.24 bits per heavy atom. The van der Waals surface area contributed by atoms with Gasteiger partial charge in [0.2, 0.25) is 0 Å². The Balaban J connectivity index is 2.15. The summed E-state index contributed by atoms with van der Waals surface area (Å²) in [6, 6.07) is 9.78. The second-order valence-corrected chi connectivity index (χ2v) is 4.70. The summed E-state index contributed by atoms with van der Waals surface area (Å²) in [6.45, 7) is 4.47. The molecule has 0 radical (unpaired) electrons. The summed E-state index contributed by atoms with van der Waals surface area (Å²) in [7, 11) is 0. The SMILES string of the molecule is CCCNc1cccc(C(=O)Nc2cccc(F)c2C)n1. The smallest absolute Gasteiger partial charge is 0.274 e. The summed E-state index contributed by atoms with van der Waals surface area (Å²) in [4.78, 5) is 16.4. The van der Waals surface area contributed by atoms with Gasteiger partial charge < -0.3 is 10.6 Å². The highest BCUT2D eigenvalue weighted by atomic mass is 19.1. The molecule has 110 valence electrons. The minimum absolute atomic E-state index is 0.291. The molecule has 0 aliphatic rings. The monoisotopic (exact) mass is 287 g/mol. The molecule has 0 atom stereocenters. The Morgan fingerprint density at radius 3 is 2.76 bits per heavy atom. The van der Waals surface area contributed by atoms with Crippen molar-refractivity contribution in [2.24, 2.45) is 0 Å². The van der Waals surface area contributed by atoms with Gasteiger partial charge in [-0.2, -0.15) is 0 Å². The van der Waals surface area contributed by atoms with Gasteiger partial charge >= 0.3 is 0 Å². The molecule has 0 unspecified atom stereocenters. The number of carbonyl (C=O) groups is 1. The number of benzene rings is 1. The van der Waals surface area contributed by atoms with Gasteiger partial charge in [-0.05, 0) is 37.6 Å². The van der Waals surface area contributed by atoms with E-state index in [1.807, 2.05) is 0 Å². The van der Waals surface area contributed by atoms with E-state index < -0.39 is 0 Å². The molecular formula is C16H18FN3O. The Kier molecular flexibility index (Phi) is 4.87. The van der Waals surface area contributed by atoms with Crippen LogP contribution >= 0.6 is 0 Å². The van der Waals surface area contributed by atoms with E-state index in [1.165, 1.54) is 6.07 Å². The lowest BCUT2D eigenvalue weighted by Crippen LogP contribution is -2.15. The Bertz CT molecular complexity index is 643. The van der Waals surface area contributed by atoms with E-state index >= 15 is 0 Å². The van der Waals surface area contributed by atoms with Crippen molar-refractivity contribution in [3.63, 3.8) is 0 Å². The molecule has 1 heterocycles. The molecule has 0 aliphatic heterocycles. The number of rotatable bonds is 5. The van der Waals surface area contributed by atoms with Crippen LogP contribution in [0.1, 0.15) is 29.4 Å². The zero-order valence-corrected chi connectivity index (χ0v) is 12.1. The lowest BCUT2D eigenvalue weighted by Gasteiger charge is -2.09. The maximum Gasteiger partial charge on any atom is 0.274 e. The fourth-order valence-electron chi connectivity index (χ4n) is 1.84. The third kappa shape index (κ3) is 3.78. The van der Waals surface area contributed by atoms with Gasteiger partial charge in [0.25, 0.3) is 5.91 Å². The van der Waals surface area contributed by atoms with E-state index in [-0.39, 0.29) is 11.7 Å². The van der Waals surface area contributed by atoms with E-state index in [0.29, 0.717) is 22.8 Å². The number of nitrogens with zero attached hydrogens (tertiary/aromatic N) is 1. The number of hydrogen-bond acceptors (Lipinski definition) is 3. The summed E-state index contributed by atoms with van der Waals surface area (Å²) in [5, 5.41) is 5.80. The summed E-state index contributed by atoms with van der Waals surface area (Å²) in [6.07, 6.45) is 0.973. The van der Waals surface area contributed by atoms with Crippen LogP contribution in [0.5, 0.6) is 0 Å². The first-order valence-corrected chi connectivity index (χ1v) is 6.89. The maximum atomic E-state index is 13.5. The van der Waals surface area contributed by atoms with E-state index in [4.69, 9.17) is 0 Å². The average molecular weight is 287 g/mol. The number of hydrogen-bond donors (Lipinski definition) is 2. The average Bonchev–Trinajstić information content (AvgIpc) is 2.50. The molecule has 1 aromatic carbocycles. The Labute approximate surface area is 123 Å². The van der Waals surface area contributed by atoms with Crippen LogP contribution in [0.3, 0.4) is 0 Å². The fraction of sp³-hybridized carbons (Fsp3) is 0.250. The minimum atomic E-state index is -0.358. The van der Waals surface area contributed by atoms with Crippen molar-refractivity contribution in [3.8, 4) is 0 Å². The van der Waals surface area contributed by atoms with Gasteiger partial charge in [0.05, 0.1) is 0 Å². The van der Waals surface area contributed by atoms with Crippen LogP contribution in [0.4, 0.5) is 15.9 Å². The second-order valence-electron chi connectivity index (χ2n) is 4.70. The van der Waals surface area contributed by atoms with Gasteiger partial charge in [0, 0.05) is 17.8 Å². The van der Waals surface area contributed by atoms with Gasteiger partial charge in [-0.15, -0.1) is 0 Å². The molecule has 0 fully saturated rings. The Morgan fingerprint density at radius 2 is 2.00 bits per heavy atom. The minimum Gasteiger partial charge on any atom is -0.370 e. The molecule has 0 aliphatic carbocycles. The molecular weight excluding hydrogens is 269 g/mol. The van der Waals surface area contributed by atoms with Crippen LogP contribution in [0.25, 0.3) is 0 Å². The predicted octanol–water partition coefficient (Wildman–Crippen LogP) is 3.60. The first-order chi connectivity index (χ1) is 10.1. The van der Waals surface area contributed by atoms with Crippen LogP contribution in [-0.4, -0.2) is 17.4 Å². The molecule has 0 spiro atoms. The first-order valence-electron chi connectivity index (χ1n) is 6.89. The van der Waals surface area contributed by atoms with Crippen LogP contribution in [0, 0.1) is 12.7 Å². The fourth-order valence-corrected chi connectivity index (χ4v) is 1.84. The molecule has 0 saturated carbocycles. The summed E-state index contributed by atoms with van der Waals surface area (Å²) < 4.78 is 13.5. The lowest BCUT2D eigenvalue weighted by atomic mass is 10.2.